The SMILES string of the molecule is FC(F)(F)c1ccc(C2CS[CH]CN2c2ccc3cn[nH]c3c2)cc1. The van der Waals surface area contributed by atoms with Crippen molar-refractivity contribution in [1.82, 2.24) is 10.2 Å². The number of halogens is 3. The summed E-state index contributed by atoms with van der Waals surface area (Å²) in [7, 11) is 0. The van der Waals surface area contributed by atoms with Crippen LogP contribution in [0.25, 0.3) is 10.9 Å². The molecule has 1 atom stereocenters. The molecule has 4 rings (SSSR count). The third-order valence-electron chi connectivity index (χ3n) is 4.40. The van der Waals surface area contributed by atoms with Crippen molar-refractivity contribution < 1.29 is 13.2 Å². The molecule has 1 saturated heterocycles. The van der Waals surface area contributed by atoms with E-state index in [-0.39, 0.29) is 6.04 Å². The van der Waals surface area contributed by atoms with Gasteiger partial charge >= 0.3 is 6.18 Å². The van der Waals surface area contributed by atoms with E-state index in [9.17, 15) is 13.2 Å². The predicted octanol–water partition coefficient (Wildman–Crippen LogP) is 5.04. The first-order valence-electron chi connectivity index (χ1n) is 7.82. The zero-order valence-corrected chi connectivity index (χ0v) is 13.9. The molecular formula is C18H15F3N3S. The number of anilines is 1. The van der Waals surface area contributed by atoms with Crippen LogP contribution in [0.3, 0.4) is 0 Å². The first kappa shape index (κ1) is 16.3. The Hall–Kier alpha value is -2.15. The number of hydrogen-bond acceptors (Lipinski definition) is 3. The highest BCUT2D eigenvalue weighted by Gasteiger charge is 2.31. The van der Waals surface area contributed by atoms with Gasteiger partial charge in [0, 0.05) is 29.1 Å². The number of hydrogen-bond donors (Lipinski definition) is 1. The molecule has 2 aromatic carbocycles. The molecule has 7 heteroatoms. The number of thioether (sulfide) groups is 1. The second kappa shape index (κ2) is 6.29. The molecule has 3 nitrogen and oxygen atoms in total. The van der Waals surface area contributed by atoms with Gasteiger partial charge in [-0.05, 0) is 35.9 Å². The van der Waals surface area contributed by atoms with Crippen LogP contribution >= 0.6 is 11.8 Å². The van der Waals surface area contributed by atoms with E-state index in [1.54, 1.807) is 30.1 Å². The molecule has 1 fully saturated rings. The summed E-state index contributed by atoms with van der Waals surface area (Å²) in [5.41, 5.74) is 2.25. The Balaban J connectivity index is 1.66. The lowest BCUT2D eigenvalue weighted by Crippen LogP contribution is -2.34. The van der Waals surface area contributed by atoms with Gasteiger partial charge in [-0.25, -0.2) is 0 Å². The molecule has 0 spiro atoms. The molecule has 1 aromatic heterocycles. The Kier molecular flexibility index (Phi) is 4.11. The number of aromatic amines is 1. The minimum Gasteiger partial charge on any atom is -0.362 e. The number of nitrogens with one attached hydrogen (secondary N) is 1. The molecule has 1 unspecified atom stereocenters. The first-order valence-corrected chi connectivity index (χ1v) is 8.87. The van der Waals surface area contributed by atoms with Gasteiger partial charge in [0.1, 0.15) is 0 Å². The molecule has 0 saturated carbocycles. The zero-order valence-electron chi connectivity index (χ0n) is 13.1. The van der Waals surface area contributed by atoms with Gasteiger partial charge in [-0.3, -0.25) is 5.10 Å². The summed E-state index contributed by atoms with van der Waals surface area (Å²) in [6, 6.07) is 11.6. The first-order chi connectivity index (χ1) is 12.0. The molecule has 3 aromatic rings. The molecule has 25 heavy (non-hydrogen) atoms. The molecule has 0 amide bonds. The average molecular weight is 362 g/mol. The van der Waals surface area contributed by atoms with E-state index in [4.69, 9.17) is 0 Å². The van der Waals surface area contributed by atoms with Gasteiger partial charge in [-0.1, -0.05) is 12.1 Å². The van der Waals surface area contributed by atoms with E-state index < -0.39 is 11.7 Å². The van der Waals surface area contributed by atoms with Crippen molar-refractivity contribution in [3.05, 3.63) is 65.5 Å². The zero-order chi connectivity index (χ0) is 17.4. The Morgan fingerprint density at radius 3 is 2.68 bits per heavy atom. The molecule has 129 valence electrons. The number of H-pyrrole nitrogens is 1. The molecule has 1 aliphatic heterocycles. The molecule has 0 bridgehead atoms. The smallest absolute Gasteiger partial charge is 0.362 e. The molecule has 1 N–H and O–H groups in total. The number of rotatable bonds is 2. The van der Waals surface area contributed by atoms with E-state index in [1.165, 1.54) is 0 Å². The van der Waals surface area contributed by atoms with Gasteiger partial charge < -0.3 is 4.90 Å². The Labute approximate surface area is 147 Å². The second-order valence-electron chi connectivity index (χ2n) is 5.93. The van der Waals surface area contributed by atoms with Crippen molar-refractivity contribution in [2.75, 3.05) is 17.2 Å². The number of alkyl halides is 3. The maximum absolute atomic E-state index is 12.8. The van der Waals surface area contributed by atoms with Crippen LogP contribution in [0.4, 0.5) is 18.9 Å². The lowest BCUT2D eigenvalue weighted by molar-refractivity contribution is -0.137. The van der Waals surface area contributed by atoms with Gasteiger partial charge in [0.15, 0.2) is 0 Å². The van der Waals surface area contributed by atoms with Gasteiger partial charge in [0.25, 0.3) is 0 Å². The number of nitrogens with zero attached hydrogens (tertiary/aromatic N) is 2. The summed E-state index contributed by atoms with van der Waals surface area (Å²) in [5.74, 6) is 2.92. The molecule has 1 radical (unpaired) electrons. The standard InChI is InChI=1S/C18H15F3N3S/c19-18(20,21)14-4-1-12(2-5-14)17-11-25-8-7-24(17)15-6-3-13-10-22-23-16(13)9-15/h1-6,8-10,17H,7,11H2,(H,22,23). The fourth-order valence-electron chi connectivity index (χ4n) is 3.07. The summed E-state index contributed by atoms with van der Waals surface area (Å²) in [4.78, 5) is 2.21. The minimum absolute atomic E-state index is 0.0256. The van der Waals surface area contributed by atoms with Gasteiger partial charge in [-0.15, -0.1) is 0 Å². The Morgan fingerprint density at radius 2 is 1.92 bits per heavy atom. The normalized spacial score (nSPS) is 18.7. The van der Waals surface area contributed by atoms with Crippen LogP contribution in [-0.4, -0.2) is 22.5 Å². The fraction of sp³-hybridized carbons (Fsp3) is 0.222. The van der Waals surface area contributed by atoms with Crippen molar-refractivity contribution in [2.24, 2.45) is 0 Å². The maximum Gasteiger partial charge on any atom is 0.416 e. The van der Waals surface area contributed by atoms with Crippen LogP contribution in [-0.2, 0) is 6.18 Å². The molecule has 0 aliphatic carbocycles. The van der Waals surface area contributed by atoms with Crippen LogP contribution in [0.5, 0.6) is 0 Å². The summed E-state index contributed by atoms with van der Waals surface area (Å²) >= 11 is 1.70. The number of fused-ring (bicyclic) bond motifs is 1. The summed E-state index contributed by atoms with van der Waals surface area (Å²) < 4.78 is 38.4. The highest BCUT2D eigenvalue weighted by Crippen LogP contribution is 2.37. The van der Waals surface area contributed by atoms with E-state index in [1.807, 2.05) is 18.2 Å². The quantitative estimate of drug-likeness (QED) is 0.693. The molecular weight excluding hydrogens is 347 g/mol. The molecule has 1 aliphatic rings. The Morgan fingerprint density at radius 1 is 1.12 bits per heavy atom. The van der Waals surface area contributed by atoms with Crippen LogP contribution in [0.2, 0.25) is 0 Å². The largest absolute Gasteiger partial charge is 0.416 e. The van der Waals surface area contributed by atoms with Crippen molar-refractivity contribution in [3.63, 3.8) is 0 Å². The van der Waals surface area contributed by atoms with Crippen molar-refractivity contribution in [1.29, 1.82) is 0 Å². The van der Waals surface area contributed by atoms with E-state index in [0.717, 1.165) is 46.6 Å². The van der Waals surface area contributed by atoms with Crippen LogP contribution in [0.15, 0.2) is 48.7 Å². The van der Waals surface area contributed by atoms with Crippen LogP contribution in [0, 0.1) is 5.75 Å². The predicted molar refractivity (Wildman–Crippen MR) is 94.4 cm³/mol. The summed E-state index contributed by atoms with van der Waals surface area (Å²) in [6.45, 7) is 0.732. The van der Waals surface area contributed by atoms with Crippen molar-refractivity contribution in [2.45, 2.75) is 12.2 Å². The topological polar surface area (TPSA) is 31.9 Å². The maximum atomic E-state index is 12.8. The average Bonchev–Trinajstić information content (AvgIpc) is 3.09. The van der Waals surface area contributed by atoms with E-state index >= 15 is 0 Å². The lowest BCUT2D eigenvalue weighted by Gasteiger charge is -2.37. The van der Waals surface area contributed by atoms with E-state index in [0.29, 0.717) is 0 Å². The van der Waals surface area contributed by atoms with Crippen LogP contribution in [0.1, 0.15) is 17.2 Å². The van der Waals surface area contributed by atoms with Gasteiger partial charge in [-0.2, -0.15) is 30.0 Å². The summed E-state index contributed by atoms with van der Waals surface area (Å²) in [5, 5.41) is 8.03. The van der Waals surface area contributed by atoms with Crippen molar-refractivity contribution in [3.8, 4) is 0 Å². The highest BCUT2D eigenvalue weighted by molar-refractivity contribution is 8.01. The van der Waals surface area contributed by atoms with Gasteiger partial charge in [0.2, 0.25) is 0 Å². The van der Waals surface area contributed by atoms with Crippen molar-refractivity contribution >= 4 is 28.4 Å². The summed E-state index contributed by atoms with van der Waals surface area (Å²) in [6.07, 6.45) is -2.54. The number of benzene rings is 2. The second-order valence-corrected chi connectivity index (χ2v) is 6.93. The number of aromatic nitrogens is 2. The third-order valence-corrected chi connectivity index (χ3v) is 5.29. The third kappa shape index (κ3) is 3.20. The molecule has 2 heterocycles. The van der Waals surface area contributed by atoms with Gasteiger partial charge in [0.05, 0.1) is 23.3 Å². The lowest BCUT2D eigenvalue weighted by atomic mass is 10.0. The highest BCUT2D eigenvalue weighted by atomic mass is 32.2. The Bertz CT molecular complexity index is 873. The van der Waals surface area contributed by atoms with Crippen LogP contribution < -0.4 is 4.90 Å². The fourth-order valence-corrected chi connectivity index (χ4v) is 4.03. The van der Waals surface area contributed by atoms with E-state index in [2.05, 4.69) is 20.9 Å². The monoisotopic (exact) mass is 362 g/mol. The minimum atomic E-state index is -4.31.